The molecule has 1 heterocycles. The summed E-state index contributed by atoms with van der Waals surface area (Å²) < 4.78 is 0. The van der Waals surface area contributed by atoms with Crippen LogP contribution in [0.15, 0.2) is 22.4 Å². The fraction of sp³-hybridized carbons (Fsp3) is 0.571. The molecule has 2 amide bonds. The molecule has 8 nitrogen and oxygen atoms in total. The van der Waals surface area contributed by atoms with E-state index in [4.69, 9.17) is 0 Å². The second-order valence-corrected chi connectivity index (χ2v) is 6.79. The predicted molar refractivity (Wildman–Crippen MR) is 92.3 cm³/mol. The van der Waals surface area contributed by atoms with Crippen molar-refractivity contribution in [3.63, 3.8) is 0 Å². The number of nitrogens with zero attached hydrogens (tertiary/aromatic N) is 2. The maximum absolute atomic E-state index is 11.2. The Morgan fingerprint density at radius 2 is 1.42 bits per heavy atom. The van der Waals surface area contributed by atoms with Crippen molar-refractivity contribution in [1.82, 2.24) is 20.9 Å². The van der Waals surface area contributed by atoms with E-state index >= 15 is 0 Å². The third kappa shape index (κ3) is 9.71. The molecule has 0 aliphatic rings. The largest absolute Gasteiger partial charge is 0.277 e. The number of hydrogen-bond donors (Lipinski definition) is 2. The van der Waals surface area contributed by atoms with E-state index in [2.05, 4.69) is 30.6 Å². The number of thioether (sulfide) groups is 2. The van der Waals surface area contributed by atoms with Crippen LogP contribution in [0.2, 0.25) is 0 Å². The van der Waals surface area contributed by atoms with Crippen LogP contribution in [0.25, 0.3) is 0 Å². The van der Waals surface area contributed by atoms with E-state index in [1.165, 1.54) is 20.5 Å². The van der Waals surface area contributed by atoms with E-state index in [1.807, 2.05) is 6.07 Å². The van der Waals surface area contributed by atoms with E-state index in [9.17, 15) is 9.59 Å². The maximum atomic E-state index is 11.2. The van der Waals surface area contributed by atoms with Crippen molar-refractivity contribution in [2.75, 3.05) is 25.7 Å². The van der Waals surface area contributed by atoms with E-state index < -0.39 is 0 Å². The van der Waals surface area contributed by atoms with E-state index in [0.29, 0.717) is 12.8 Å². The van der Waals surface area contributed by atoms with Crippen LogP contribution in [-0.4, -0.2) is 47.5 Å². The minimum absolute atomic E-state index is 0.130. The molecule has 0 aromatic carbocycles. The zero-order chi connectivity index (χ0) is 17.6. The van der Waals surface area contributed by atoms with E-state index in [1.54, 1.807) is 23.5 Å². The third-order valence-electron chi connectivity index (χ3n) is 2.64. The molecule has 0 saturated carbocycles. The van der Waals surface area contributed by atoms with Gasteiger partial charge in [0.1, 0.15) is 16.4 Å². The lowest BCUT2D eigenvalue weighted by Crippen LogP contribution is -2.21. The van der Waals surface area contributed by atoms with Crippen molar-refractivity contribution in [2.24, 2.45) is 0 Å². The van der Waals surface area contributed by atoms with Crippen LogP contribution in [0.4, 0.5) is 0 Å². The lowest BCUT2D eigenvalue weighted by molar-refractivity contribution is -0.132. The Balaban J connectivity index is 2.23. The van der Waals surface area contributed by atoms with Gasteiger partial charge in [0.2, 0.25) is 11.8 Å². The maximum Gasteiger partial charge on any atom is 0.243 e. The highest BCUT2D eigenvalue weighted by Gasteiger charge is 2.04. The van der Waals surface area contributed by atoms with Crippen molar-refractivity contribution >= 4 is 35.3 Å². The van der Waals surface area contributed by atoms with Crippen molar-refractivity contribution in [3.05, 3.63) is 12.4 Å². The number of nitrogens with one attached hydrogen (secondary N) is 2. The lowest BCUT2D eigenvalue weighted by Gasteiger charge is -2.04. The quantitative estimate of drug-likeness (QED) is 0.246. The Morgan fingerprint density at radius 3 is 1.83 bits per heavy atom. The molecule has 0 fully saturated rings. The average Bonchev–Trinajstić information content (AvgIpc) is 2.57. The number of aromatic nitrogens is 2. The minimum Gasteiger partial charge on any atom is -0.277 e. The molecule has 10 heteroatoms. The van der Waals surface area contributed by atoms with E-state index in [0.717, 1.165) is 34.4 Å². The number of carbonyl (C=O) groups is 2. The molecule has 0 atom stereocenters. The van der Waals surface area contributed by atoms with Gasteiger partial charge in [-0.25, -0.2) is 20.9 Å². The summed E-state index contributed by atoms with van der Waals surface area (Å²) in [7, 11) is 2.83. The molecule has 134 valence electrons. The molecule has 0 unspecified atom stereocenters. The fourth-order valence-corrected chi connectivity index (χ4v) is 3.33. The summed E-state index contributed by atoms with van der Waals surface area (Å²) in [5, 5.41) is 1.74. The summed E-state index contributed by atoms with van der Waals surface area (Å²) in [6.07, 6.45) is 3.83. The lowest BCUT2D eigenvalue weighted by atomic mass is 10.3. The van der Waals surface area contributed by atoms with Crippen LogP contribution >= 0.6 is 23.5 Å². The van der Waals surface area contributed by atoms with Gasteiger partial charge in [-0.2, -0.15) is 0 Å². The molecule has 0 aliphatic carbocycles. The predicted octanol–water partition coefficient (Wildman–Crippen LogP) is 1.58. The number of rotatable bonds is 12. The smallest absolute Gasteiger partial charge is 0.243 e. The summed E-state index contributed by atoms with van der Waals surface area (Å²) in [4.78, 5) is 40.0. The van der Waals surface area contributed by atoms with Gasteiger partial charge in [0.25, 0.3) is 0 Å². The van der Waals surface area contributed by atoms with Crippen LogP contribution in [0.5, 0.6) is 0 Å². The molecular formula is C14H22N4O4S2. The number of hydroxylamine groups is 2. The SMILES string of the molecule is CONC(=O)CCCSc1cc(SCCCC(=O)NOC)ncn1. The van der Waals surface area contributed by atoms with Gasteiger partial charge in [-0.1, -0.05) is 0 Å². The van der Waals surface area contributed by atoms with Crippen molar-refractivity contribution in [2.45, 2.75) is 35.7 Å². The molecule has 1 aromatic heterocycles. The average molecular weight is 374 g/mol. The summed E-state index contributed by atoms with van der Waals surface area (Å²) in [5.74, 6) is 1.31. The fourth-order valence-electron chi connectivity index (χ4n) is 1.63. The zero-order valence-electron chi connectivity index (χ0n) is 13.7. The van der Waals surface area contributed by atoms with E-state index in [-0.39, 0.29) is 11.8 Å². The molecular weight excluding hydrogens is 352 g/mol. The van der Waals surface area contributed by atoms with Crippen LogP contribution in [0.3, 0.4) is 0 Å². The summed E-state index contributed by atoms with van der Waals surface area (Å²) in [6.45, 7) is 0. The number of hydrogen-bond acceptors (Lipinski definition) is 8. The third-order valence-corrected chi connectivity index (χ3v) is 4.67. The Bertz CT molecular complexity index is 478. The Kier molecular flexibility index (Phi) is 11.2. The Hall–Kier alpha value is -1.36. The van der Waals surface area contributed by atoms with Crippen LogP contribution in [0.1, 0.15) is 25.7 Å². The molecule has 1 aromatic rings. The first-order chi connectivity index (χ1) is 11.7. The van der Waals surface area contributed by atoms with Gasteiger partial charge in [0.05, 0.1) is 14.2 Å². The molecule has 2 N–H and O–H groups in total. The Morgan fingerprint density at radius 1 is 0.958 bits per heavy atom. The van der Waals surface area contributed by atoms with Gasteiger partial charge in [0.15, 0.2) is 0 Å². The molecule has 0 radical (unpaired) electrons. The highest BCUT2D eigenvalue weighted by atomic mass is 32.2. The molecule has 1 rings (SSSR count). The second kappa shape index (κ2) is 13.0. The number of carbonyl (C=O) groups excluding carboxylic acids is 2. The summed E-state index contributed by atoms with van der Waals surface area (Å²) >= 11 is 3.16. The first-order valence-electron chi connectivity index (χ1n) is 7.37. The summed E-state index contributed by atoms with van der Waals surface area (Å²) in [5.41, 5.74) is 4.57. The normalized spacial score (nSPS) is 10.4. The van der Waals surface area contributed by atoms with Crippen molar-refractivity contribution in [3.8, 4) is 0 Å². The van der Waals surface area contributed by atoms with Gasteiger partial charge in [-0.05, 0) is 24.3 Å². The summed E-state index contributed by atoms with van der Waals surface area (Å²) in [6, 6.07) is 1.92. The Labute approximate surface area is 149 Å². The van der Waals surface area contributed by atoms with Gasteiger partial charge >= 0.3 is 0 Å². The minimum atomic E-state index is -0.130. The molecule has 0 spiro atoms. The first-order valence-corrected chi connectivity index (χ1v) is 9.34. The molecule has 0 saturated heterocycles. The standard InChI is InChI=1S/C14H22N4O4S2/c1-21-17-11(19)5-3-7-23-13-9-14(16-10-15-13)24-8-4-6-12(20)18-22-2/h9-10H,3-8H2,1-2H3,(H,17,19)(H,18,20). The second-order valence-electron chi connectivity index (χ2n) is 4.56. The highest BCUT2D eigenvalue weighted by Crippen LogP contribution is 2.22. The number of amides is 2. The molecule has 0 bridgehead atoms. The van der Waals surface area contributed by atoms with Crippen molar-refractivity contribution < 1.29 is 19.3 Å². The highest BCUT2D eigenvalue weighted by molar-refractivity contribution is 8.00. The van der Waals surface area contributed by atoms with Gasteiger partial charge in [-0.3, -0.25) is 19.3 Å². The topological polar surface area (TPSA) is 102 Å². The first kappa shape index (κ1) is 20.7. The van der Waals surface area contributed by atoms with Gasteiger partial charge in [-0.15, -0.1) is 23.5 Å². The monoisotopic (exact) mass is 374 g/mol. The molecule has 24 heavy (non-hydrogen) atoms. The zero-order valence-corrected chi connectivity index (χ0v) is 15.4. The van der Waals surface area contributed by atoms with Crippen LogP contribution in [-0.2, 0) is 19.3 Å². The van der Waals surface area contributed by atoms with Crippen molar-refractivity contribution in [1.29, 1.82) is 0 Å². The van der Waals surface area contributed by atoms with Crippen LogP contribution in [0, 0.1) is 0 Å². The van der Waals surface area contributed by atoms with Crippen LogP contribution < -0.4 is 11.0 Å². The molecule has 0 aliphatic heterocycles. The van der Waals surface area contributed by atoms with Gasteiger partial charge in [0, 0.05) is 18.9 Å². The van der Waals surface area contributed by atoms with Gasteiger partial charge < -0.3 is 0 Å².